The average Bonchev–Trinajstić information content (AvgIpc) is 3.20. The molecule has 0 unspecified atom stereocenters. The Hall–Kier alpha value is -3.33. The van der Waals surface area contributed by atoms with Crippen LogP contribution in [0.15, 0.2) is 41.8 Å². The molecule has 0 spiro atoms. The third kappa shape index (κ3) is 7.67. The zero-order chi connectivity index (χ0) is 21.1. The van der Waals surface area contributed by atoms with Gasteiger partial charge in [-0.15, -0.1) is 11.3 Å². The van der Waals surface area contributed by atoms with Crippen LogP contribution < -0.4 is 20.1 Å². The maximum absolute atomic E-state index is 12.0. The van der Waals surface area contributed by atoms with Crippen LogP contribution in [0.3, 0.4) is 0 Å². The van der Waals surface area contributed by atoms with Crippen molar-refractivity contribution in [2.75, 3.05) is 25.1 Å². The number of nitrogens with one attached hydrogen (secondary N) is 2. The molecule has 0 bridgehead atoms. The second-order valence-corrected chi connectivity index (χ2v) is 6.47. The van der Waals surface area contributed by atoms with Crippen LogP contribution in [-0.2, 0) is 14.3 Å². The molecule has 0 atom stereocenters. The quantitative estimate of drug-likeness (QED) is 0.478. The monoisotopic (exact) mass is 418 g/mol. The second kappa shape index (κ2) is 11.5. The molecule has 0 saturated carbocycles. The summed E-state index contributed by atoms with van der Waals surface area (Å²) in [7, 11) is 0. The Kier molecular flexibility index (Phi) is 8.71. The van der Waals surface area contributed by atoms with Crippen LogP contribution in [0, 0.1) is 0 Å². The Labute approximate surface area is 172 Å². The molecular formula is C20H22N2O6S. The highest BCUT2D eigenvalue weighted by Crippen LogP contribution is 2.30. The van der Waals surface area contributed by atoms with E-state index in [0.717, 1.165) is 4.88 Å². The van der Waals surface area contributed by atoms with Crippen molar-refractivity contribution in [3.63, 3.8) is 0 Å². The van der Waals surface area contributed by atoms with E-state index in [9.17, 15) is 14.4 Å². The zero-order valence-corrected chi connectivity index (χ0v) is 16.9. The Balaban J connectivity index is 1.81. The van der Waals surface area contributed by atoms with Crippen molar-refractivity contribution in [2.45, 2.75) is 13.8 Å². The molecule has 0 aliphatic heterocycles. The zero-order valence-electron chi connectivity index (χ0n) is 16.1. The predicted octanol–water partition coefficient (Wildman–Crippen LogP) is 3.45. The molecule has 2 aromatic rings. The molecule has 0 saturated heterocycles. The molecule has 0 fully saturated rings. The van der Waals surface area contributed by atoms with Crippen LogP contribution >= 0.6 is 11.3 Å². The first kappa shape index (κ1) is 22.0. The van der Waals surface area contributed by atoms with Gasteiger partial charge in [0.2, 0.25) is 0 Å². The van der Waals surface area contributed by atoms with E-state index < -0.39 is 24.5 Å². The molecule has 0 radical (unpaired) electrons. The number of ether oxygens (including phenoxy) is 3. The van der Waals surface area contributed by atoms with Crippen molar-refractivity contribution >= 4 is 41.0 Å². The number of esters is 1. The molecular weight excluding hydrogens is 396 g/mol. The molecule has 8 nitrogen and oxygen atoms in total. The minimum atomic E-state index is -0.758. The number of urea groups is 1. The van der Waals surface area contributed by atoms with Gasteiger partial charge in [0, 0.05) is 22.7 Å². The normalized spacial score (nSPS) is 10.4. The van der Waals surface area contributed by atoms with Gasteiger partial charge in [-0.1, -0.05) is 6.07 Å². The predicted molar refractivity (Wildman–Crippen MR) is 110 cm³/mol. The number of carbonyl (C=O) groups is 3. The van der Waals surface area contributed by atoms with E-state index >= 15 is 0 Å². The number of imide groups is 1. The van der Waals surface area contributed by atoms with Crippen LogP contribution in [0.4, 0.5) is 10.5 Å². The molecule has 154 valence electrons. The lowest BCUT2D eigenvalue weighted by molar-refractivity contribution is -0.143. The molecule has 2 N–H and O–H groups in total. The molecule has 1 aromatic heterocycles. The highest BCUT2D eigenvalue weighted by Gasteiger charge is 2.12. The van der Waals surface area contributed by atoms with Gasteiger partial charge in [0.25, 0.3) is 5.91 Å². The number of anilines is 1. The Bertz CT molecular complexity index is 864. The standard InChI is InChI=1S/C20H22N2O6S/c1-3-26-16-9-7-14(12-17(16)27-4-2)21-20(25)22-18(23)13-28-19(24)10-8-15-6-5-11-29-15/h5-12H,3-4,13H2,1-2H3,(H2,21,22,23,25)/b10-8+. The fourth-order valence-corrected chi connectivity index (χ4v) is 2.79. The van der Waals surface area contributed by atoms with Crippen molar-refractivity contribution in [1.82, 2.24) is 5.32 Å². The van der Waals surface area contributed by atoms with Crippen molar-refractivity contribution in [3.05, 3.63) is 46.7 Å². The van der Waals surface area contributed by atoms with Crippen molar-refractivity contribution < 1.29 is 28.6 Å². The molecule has 0 aliphatic rings. The molecule has 1 aromatic carbocycles. The maximum Gasteiger partial charge on any atom is 0.331 e. The number of thiophene rings is 1. The summed E-state index contributed by atoms with van der Waals surface area (Å²) in [6.07, 6.45) is 2.80. The van der Waals surface area contributed by atoms with Crippen LogP contribution in [0.5, 0.6) is 11.5 Å². The van der Waals surface area contributed by atoms with Crippen LogP contribution in [-0.4, -0.2) is 37.7 Å². The van der Waals surface area contributed by atoms with Crippen molar-refractivity contribution in [3.8, 4) is 11.5 Å². The van der Waals surface area contributed by atoms with Gasteiger partial charge in [0.1, 0.15) is 0 Å². The number of carbonyl (C=O) groups excluding carboxylic acids is 3. The van der Waals surface area contributed by atoms with Crippen LogP contribution in [0.2, 0.25) is 0 Å². The maximum atomic E-state index is 12.0. The lowest BCUT2D eigenvalue weighted by Gasteiger charge is -2.13. The number of benzene rings is 1. The van der Waals surface area contributed by atoms with Gasteiger partial charge in [-0.25, -0.2) is 9.59 Å². The highest BCUT2D eigenvalue weighted by atomic mass is 32.1. The Morgan fingerprint density at radius 1 is 1.07 bits per heavy atom. The molecule has 9 heteroatoms. The second-order valence-electron chi connectivity index (χ2n) is 5.49. The lowest BCUT2D eigenvalue weighted by atomic mass is 10.2. The summed E-state index contributed by atoms with van der Waals surface area (Å²) < 4.78 is 15.7. The number of rotatable bonds is 9. The summed E-state index contributed by atoms with van der Waals surface area (Å²) in [6.45, 7) is 4.02. The van der Waals surface area contributed by atoms with E-state index in [2.05, 4.69) is 10.6 Å². The smallest absolute Gasteiger partial charge is 0.331 e. The summed E-state index contributed by atoms with van der Waals surface area (Å²) in [5.41, 5.74) is 0.415. The summed E-state index contributed by atoms with van der Waals surface area (Å²) in [4.78, 5) is 36.2. The van der Waals surface area contributed by atoms with Gasteiger partial charge in [0.15, 0.2) is 18.1 Å². The van der Waals surface area contributed by atoms with Crippen LogP contribution in [0.1, 0.15) is 18.7 Å². The first-order chi connectivity index (χ1) is 14.0. The number of hydrogen-bond acceptors (Lipinski definition) is 7. The third-order valence-electron chi connectivity index (χ3n) is 3.33. The van der Waals surface area contributed by atoms with Gasteiger partial charge in [-0.2, -0.15) is 0 Å². The fourth-order valence-electron chi connectivity index (χ4n) is 2.17. The first-order valence-electron chi connectivity index (χ1n) is 8.90. The van der Waals surface area contributed by atoms with Crippen molar-refractivity contribution in [2.24, 2.45) is 0 Å². The van der Waals surface area contributed by atoms with E-state index in [4.69, 9.17) is 14.2 Å². The minimum Gasteiger partial charge on any atom is -0.490 e. The largest absolute Gasteiger partial charge is 0.490 e. The van der Waals surface area contributed by atoms with E-state index in [1.165, 1.54) is 17.4 Å². The Morgan fingerprint density at radius 2 is 1.83 bits per heavy atom. The summed E-state index contributed by atoms with van der Waals surface area (Å²) in [6, 6.07) is 7.80. The third-order valence-corrected chi connectivity index (χ3v) is 4.16. The molecule has 29 heavy (non-hydrogen) atoms. The highest BCUT2D eigenvalue weighted by molar-refractivity contribution is 7.10. The molecule has 2 rings (SSSR count). The molecule has 1 heterocycles. The van der Waals surface area contributed by atoms with E-state index in [0.29, 0.717) is 30.4 Å². The lowest BCUT2D eigenvalue weighted by Crippen LogP contribution is -2.37. The van der Waals surface area contributed by atoms with Crippen molar-refractivity contribution in [1.29, 1.82) is 0 Å². The van der Waals surface area contributed by atoms with E-state index in [1.807, 2.05) is 31.4 Å². The Morgan fingerprint density at radius 3 is 2.52 bits per heavy atom. The average molecular weight is 418 g/mol. The molecule has 0 aliphatic carbocycles. The molecule has 3 amide bonds. The van der Waals surface area contributed by atoms with Crippen LogP contribution in [0.25, 0.3) is 6.08 Å². The summed E-state index contributed by atoms with van der Waals surface area (Å²) >= 11 is 1.46. The fraction of sp³-hybridized carbons (Fsp3) is 0.250. The van der Waals surface area contributed by atoms with Gasteiger partial charge < -0.3 is 19.5 Å². The van der Waals surface area contributed by atoms with Gasteiger partial charge in [-0.05, 0) is 43.5 Å². The first-order valence-corrected chi connectivity index (χ1v) is 9.78. The van der Waals surface area contributed by atoms with Gasteiger partial charge in [0.05, 0.1) is 13.2 Å². The SMILES string of the molecule is CCOc1ccc(NC(=O)NC(=O)COC(=O)/C=C/c2cccs2)cc1OCC. The topological polar surface area (TPSA) is 103 Å². The minimum absolute atomic E-state index is 0.415. The number of hydrogen-bond donors (Lipinski definition) is 2. The van der Waals surface area contributed by atoms with Gasteiger partial charge in [-0.3, -0.25) is 10.1 Å². The summed E-state index contributed by atoms with van der Waals surface area (Å²) in [5, 5.41) is 6.47. The van der Waals surface area contributed by atoms with E-state index in [1.54, 1.807) is 24.3 Å². The van der Waals surface area contributed by atoms with Gasteiger partial charge >= 0.3 is 12.0 Å². The summed E-state index contributed by atoms with van der Waals surface area (Å²) in [5.74, 6) is -0.401. The van der Waals surface area contributed by atoms with E-state index in [-0.39, 0.29) is 0 Å². The number of amides is 3.